The van der Waals surface area contributed by atoms with Gasteiger partial charge in [-0.3, -0.25) is 9.78 Å². The van der Waals surface area contributed by atoms with Crippen LogP contribution < -0.4 is 15.2 Å². The molecule has 1 fully saturated rings. The van der Waals surface area contributed by atoms with Crippen LogP contribution in [0.25, 0.3) is 0 Å². The van der Waals surface area contributed by atoms with Crippen molar-refractivity contribution in [3.8, 4) is 11.5 Å². The summed E-state index contributed by atoms with van der Waals surface area (Å²) in [6.45, 7) is 5.54. The van der Waals surface area contributed by atoms with Crippen LogP contribution in [0.2, 0.25) is 0 Å². The molecule has 0 saturated carbocycles. The third-order valence-corrected chi connectivity index (χ3v) is 5.05. The maximum atomic E-state index is 13.1. The van der Waals surface area contributed by atoms with Crippen molar-refractivity contribution in [3.05, 3.63) is 53.9 Å². The number of nitrogens with zero attached hydrogens (tertiary/aromatic N) is 2. The van der Waals surface area contributed by atoms with Crippen LogP contribution in [0, 0.1) is 0 Å². The predicted octanol–water partition coefficient (Wildman–Crippen LogP) is 3.40. The van der Waals surface area contributed by atoms with Gasteiger partial charge in [0.15, 0.2) is 11.5 Å². The van der Waals surface area contributed by atoms with E-state index in [1.54, 1.807) is 24.5 Å². The van der Waals surface area contributed by atoms with E-state index in [1.807, 2.05) is 36.9 Å². The van der Waals surface area contributed by atoms with E-state index in [0.29, 0.717) is 30.3 Å². The molecule has 2 atom stereocenters. The highest BCUT2D eigenvalue weighted by Crippen LogP contribution is 2.31. The molecule has 1 aromatic carbocycles. The Morgan fingerprint density at radius 1 is 1.21 bits per heavy atom. The second-order valence-electron chi connectivity index (χ2n) is 7.16. The van der Waals surface area contributed by atoms with Gasteiger partial charge in [-0.25, -0.2) is 0 Å². The minimum Gasteiger partial charge on any atom is -0.490 e. The smallest absolute Gasteiger partial charge is 0.254 e. The summed E-state index contributed by atoms with van der Waals surface area (Å²) in [6.07, 6.45) is 6.55. The fourth-order valence-electron chi connectivity index (χ4n) is 3.59. The third-order valence-electron chi connectivity index (χ3n) is 5.05. The zero-order chi connectivity index (χ0) is 19.9. The summed E-state index contributed by atoms with van der Waals surface area (Å²) in [5, 5.41) is 0. The summed E-state index contributed by atoms with van der Waals surface area (Å²) in [5.41, 5.74) is 7.75. The Hall–Kier alpha value is -2.60. The van der Waals surface area contributed by atoms with Crippen LogP contribution in [0.1, 0.15) is 49.0 Å². The van der Waals surface area contributed by atoms with Gasteiger partial charge in [0.2, 0.25) is 0 Å². The Morgan fingerprint density at radius 2 is 2.00 bits per heavy atom. The minimum atomic E-state index is -0.0430. The number of hydrogen-bond acceptors (Lipinski definition) is 5. The van der Waals surface area contributed by atoms with Gasteiger partial charge in [-0.05, 0) is 69.0 Å². The summed E-state index contributed by atoms with van der Waals surface area (Å²) in [5.74, 6) is 1.21. The molecule has 1 aromatic heterocycles. The number of piperidine rings is 1. The topological polar surface area (TPSA) is 77.7 Å². The molecular weight excluding hydrogens is 354 g/mol. The van der Waals surface area contributed by atoms with E-state index >= 15 is 0 Å². The number of aromatic nitrogens is 1. The third kappa shape index (κ3) is 4.81. The van der Waals surface area contributed by atoms with Crippen LogP contribution in [0.3, 0.4) is 0 Å². The molecule has 1 aliphatic rings. The Morgan fingerprint density at radius 3 is 2.71 bits per heavy atom. The summed E-state index contributed by atoms with van der Waals surface area (Å²) in [4.78, 5) is 19.1. The average Bonchev–Trinajstić information content (AvgIpc) is 2.73. The lowest BCUT2D eigenvalue weighted by atomic mass is 9.96. The quantitative estimate of drug-likeness (QED) is 0.793. The van der Waals surface area contributed by atoms with Crippen LogP contribution in [0.15, 0.2) is 42.7 Å². The highest BCUT2D eigenvalue weighted by atomic mass is 16.5. The molecule has 0 radical (unpaired) electrons. The van der Waals surface area contributed by atoms with E-state index in [0.717, 1.165) is 31.4 Å². The molecule has 6 nitrogen and oxygen atoms in total. The lowest BCUT2D eigenvalue weighted by Gasteiger charge is -2.38. The number of hydrogen-bond donors (Lipinski definition) is 1. The molecule has 1 aliphatic heterocycles. The molecule has 6 heteroatoms. The zero-order valence-corrected chi connectivity index (χ0v) is 16.6. The van der Waals surface area contributed by atoms with Crippen LogP contribution in [0.5, 0.6) is 11.5 Å². The summed E-state index contributed by atoms with van der Waals surface area (Å²) < 4.78 is 11.7. The second kappa shape index (κ2) is 9.55. The average molecular weight is 383 g/mol. The largest absolute Gasteiger partial charge is 0.490 e. The van der Waals surface area contributed by atoms with Gasteiger partial charge in [-0.1, -0.05) is 0 Å². The van der Waals surface area contributed by atoms with E-state index in [2.05, 4.69) is 4.98 Å². The lowest BCUT2D eigenvalue weighted by molar-refractivity contribution is 0.0583. The van der Waals surface area contributed by atoms with Gasteiger partial charge in [0, 0.05) is 36.6 Å². The first kappa shape index (κ1) is 20.1. The first-order chi connectivity index (χ1) is 13.6. The first-order valence-electron chi connectivity index (χ1n) is 9.95. The van der Waals surface area contributed by atoms with Crippen molar-refractivity contribution in [3.63, 3.8) is 0 Å². The number of ether oxygens (including phenoxy) is 2. The van der Waals surface area contributed by atoms with Gasteiger partial charge in [0.1, 0.15) is 6.61 Å². The number of pyridine rings is 1. The van der Waals surface area contributed by atoms with Crippen LogP contribution in [-0.2, 0) is 6.61 Å². The molecule has 0 bridgehead atoms. The Kier molecular flexibility index (Phi) is 6.87. The summed E-state index contributed by atoms with van der Waals surface area (Å²) in [7, 11) is 0. The number of likely N-dealkylation sites (tertiary alicyclic amines) is 1. The van der Waals surface area contributed by atoms with E-state index in [9.17, 15) is 4.79 Å². The highest BCUT2D eigenvalue weighted by Gasteiger charge is 2.30. The fourth-order valence-corrected chi connectivity index (χ4v) is 3.59. The monoisotopic (exact) mass is 383 g/mol. The first-order valence-corrected chi connectivity index (χ1v) is 9.95. The molecule has 0 unspecified atom stereocenters. The summed E-state index contributed by atoms with van der Waals surface area (Å²) >= 11 is 0. The molecule has 1 saturated heterocycles. The number of carbonyl (C=O) groups excluding carboxylic acids is 1. The van der Waals surface area contributed by atoms with Crippen molar-refractivity contribution in [2.24, 2.45) is 5.73 Å². The summed E-state index contributed by atoms with van der Waals surface area (Å²) in [6, 6.07) is 9.24. The number of benzene rings is 1. The SMILES string of the molecule is CCOc1cc(C(=O)N2CCCC[C@H]2[C@@H](C)N)ccc1OCc1ccncc1. The number of rotatable bonds is 7. The normalized spacial score (nSPS) is 17.8. The van der Waals surface area contributed by atoms with Gasteiger partial charge in [0.05, 0.1) is 6.61 Å². The molecule has 3 rings (SSSR count). The van der Waals surface area contributed by atoms with Crippen LogP contribution >= 0.6 is 0 Å². The lowest BCUT2D eigenvalue weighted by Crippen LogP contribution is -2.51. The molecule has 0 spiro atoms. The van der Waals surface area contributed by atoms with Gasteiger partial charge < -0.3 is 20.1 Å². The minimum absolute atomic E-state index is 0.00337. The maximum absolute atomic E-state index is 13.1. The van der Waals surface area contributed by atoms with Crippen molar-refractivity contribution in [2.75, 3.05) is 13.2 Å². The van der Waals surface area contributed by atoms with Crippen LogP contribution in [-0.4, -0.2) is 41.0 Å². The number of nitrogens with two attached hydrogens (primary N) is 1. The molecule has 2 aromatic rings. The second-order valence-corrected chi connectivity index (χ2v) is 7.16. The van der Waals surface area contributed by atoms with Crippen molar-refractivity contribution >= 4 is 5.91 Å². The van der Waals surface area contributed by atoms with Crippen molar-refractivity contribution < 1.29 is 14.3 Å². The van der Waals surface area contributed by atoms with Gasteiger partial charge in [-0.2, -0.15) is 0 Å². The molecule has 2 heterocycles. The molecule has 0 aliphatic carbocycles. The molecule has 1 amide bonds. The maximum Gasteiger partial charge on any atom is 0.254 e. The number of amides is 1. The predicted molar refractivity (Wildman–Crippen MR) is 109 cm³/mol. The van der Waals surface area contributed by atoms with Crippen molar-refractivity contribution in [2.45, 2.75) is 51.8 Å². The Balaban J connectivity index is 1.78. The van der Waals surface area contributed by atoms with E-state index in [1.165, 1.54) is 0 Å². The van der Waals surface area contributed by atoms with E-state index in [4.69, 9.17) is 15.2 Å². The highest BCUT2D eigenvalue weighted by molar-refractivity contribution is 5.95. The Bertz CT molecular complexity index is 780. The molecule has 150 valence electrons. The fraction of sp³-hybridized carbons (Fsp3) is 0.455. The van der Waals surface area contributed by atoms with Gasteiger partial charge in [-0.15, -0.1) is 0 Å². The van der Waals surface area contributed by atoms with Crippen molar-refractivity contribution in [1.82, 2.24) is 9.88 Å². The van der Waals surface area contributed by atoms with E-state index in [-0.39, 0.29) is 18.0 Å². The standard InChI is InChI=1S/C22H29N3O3/c1-3-27-21-14-18(22(26)25-13-5-4-6-19(25)16(2)23)7-8-20(21)28-15-17-9-11-24-12-10-17/h7-12,14,16,19H,3-6,13,15,23H2,1-2H3/t16-,19+/m1/s1. The molecule has 28 heavy (non-hydrogen) atoms. The zero-order valence-electron chi connectivity index (χ0n) is 16.6. The Labute approximate surface area is 166 Å². The van der Waals surface area contributed by atoms with Gasteiger partial charge >= 0.3 is 0 Å². The molecular formula is C22H29N3O3. The van der Waals surface area contributed by atoms with E-state index < -0.39 is 0 Å². The number of carbonyl (C=O) groups is 1. The van der Waals surface area contributed by atoms with Crippen molar-refractivity contribution in [1.29, 1.82) is 0 Å². The van der Waals surface area contributed by atoms with Gasteiger partial charge in [0.25, 0.3) is 5.91 Å². The molecule has 2 N–H and O–H groups in total. The van der Waals surface area contributed by atoms with Crippen LogP contribution in [0.4, 0.5) is 0 Å².